The summed E-state index contributed by atoms with van der Waals surface area (Å²) in [4.78, 5) is 0. The smallest absolute Gasteiger partial charge is 0.373 e. The highest BCUT2D eigenvalue weighted by Gasteiger charge is 1.87. The fourth-order valence-electron chi connectivity index (χ4n) is 0.728. The lowest BCUT2D eigenvalue weighted by Crippen LogP contribution is -1.72. The van der Waals surface area contributed by atoms with Gasteiger partial charge in [-0.15, -0.1) is 0 Å². The molecular formula is C8H6BClO. The number of benzene rings is 1. The molecule has 1 rings (SSSR count). The van der Waals surface area contributed by atoms with Gasteiger partial charge in [0, 0.05) is 5.02 Å². The molecule has 0 fully saturated rings. The van der Waals surface area contributed by atoms with Crippen molar-refractivity contribution in [3.63, 3.8) is 0 Å². The predicted octanol–water partition coefficient (Wildman–Crippen LogP) is 2.41. The standard InChI is InChI=1S/C8H6BClO/c9-11-5-4-7-2-1-3-8(10)6-7/h1-6H. The quantitative estimate of drug-likeness (QED) is 0.482. The third-order valence-electron chi connectivity index (χ3n) is 1.19. The Morgan fingerprint density at radius 1 is 1.45 bits per heavy atom. The number of hydrogen-bond donors (Lipinski definition) is 0. The van der Waals surface area contributed by atoms with E-state index in [1.54, 1.807) is 6.08 Å². The minimum atomic E-state index is 0.698. The van der Waals surface area contributed by atoms with Gasteiger partial charge in [-0.2, -0.15) is 0 Å². The molecule has 0 aliphatic rings. The summed E-state index contributed by atoms with van der Waals surface area (Å²) in [7, 11) is 4.79. The van der Waals surface area contributed by atoms with Gasteiger partial charge in [0.25, 0.3) is 0 Å². The summed E-state index contributed by atoms with van der Waals surface area (Å²) >= 11 is 5.72. The van der Waals surface area contributed by atoms with E-state index in [0.29, 0.717) is 5.02 Å². The van der Waals surface area contributed by atoms with E-state index in [4.69, 9.17) is 19.7 Å². The van der Waals surface area contributed by atoms with E-state index < -0.39 is 0 Å². The second kappa shape index (κ2) is 4.09. The Morgan fingerprint density at radius 3 is 2.91 bits per heavy atom. The predicted molar refractivity (Wildman–Crippen MR) is 47.3 cm³/mol. The zero-order valence-corrected chi connectivity index (χ0v) is 6.58. The van der Waals surface area contributed by atoms with Crippen LogP contribution < -0.4 is 0 Å². The zero-order valence-electron chi connectivity index (χ0n) is 5.83. The topological polar surface area (TPSA) is 9.23 Å². The molecule has 2 radical (unpaired) electrons. The van der Waals surface area contributed by atoms with Crippen molar-refractivity contribution in [3.05, 3.63) is 41.1 Å². The monoisotopic (exact) mass is 164 g/mol. The third-order valence-corrected chi connectivity index (χ3v) is 1.42. The molecule has 1 aromatic carbocycles. The zero-order chi connectivity index (χ0) is 8.10. The molecule has 1 aromatic rings. The molecule has 54 valence electrons. The molecule has 11 heavy (non-hydrogen) atoms. The molecule has 0 atom stereocenters. The van der Waals surface area contributed by atoms with Gasteiger partial charge in [0.1, 0.15) is 0 Å². The van der Waals surface area contributed by atoms with Crippen LogP contribution in [0.25, 0.3) is 6.08 Å². The Hall–Kier alpha value is -0.885. The highest BCUT2D eigenvalue weighted by Crippen LogP contribution is 2.11. The normalized spacial score (nSPS) is 10.3. The third kappa shape index (κ3) is 2.68. The van der Waals surface area contributed by atoms with Crippen molar-refractivity contribution in [2.45, 2.75) is 0 Å². The van der Waals surface area contributed by atoms with Crippen molar-refractivity contribution in [1.29, 1.82) is 0 Å². The van der Waals surface area contributed by atoms with Crippen LogP contribution in [0, 0.1) is 0 Å². The van der Waals surface area contributed by atoms with Gasteiger partial charge in [0.15, 0.2) is 0 Å². The summed E-state index contributed by atoms with van der Waals surface area (Å²) in [6.07, 6.45) is 3.12. The average Bonchev–Trinajstić information content (AvgIpc) is 2.01. The van der Waals surface area contributed by atoms with Gasteiger partial charge in [-0.25, -0.2) is 0 Å². The number of halogens is 1. The van der Waals surface area contributed by atoms with Crippen LogP contribution in [-0.2, 0) is 4.65 Å². The highest BCUT2D eigenvalue weighted by molar-refractivity contribution is 6.30. The van der Waals surface area contributed by atoms with Crippen molar-refractivity contribution in [1.82, 2.24) is 0 Å². The van der Waals surface area contributed by atoms with Crippen LogP contribution in [0.5, 0.6) is 0 Å². The van der Waals surface area contributed by atoms with Crippen LogP contribution in [0.3, 0.4) is 0 Å². The molecule has 0 spiro atoms. The van der Waals surface area contributed by atoms with E-state index in [-0.39, 0.29) is 0 Å². The van der Waals surface area contributed by atoms with Gasteiger partial charge in [-0.1, -0.05) is 23.7 Å². The molecule has 0 unspecified atom stereocenters. The SMILES string of the molecule is [B]OC=Cc1cccc(Cl)c1. The van der Waals surface area contributed by atoms with E-state index in [1.165, 1.54) is 6.26 Å². The maximum atomic E-state index is 5.72. The average molecular weight is 164 g/mol. The van der Waals surface area contributed by atoms with E-state index in [0.717, 1.165) is 5.56 Å². The van der Waals surface area contributed by atoms with Crippen molar-refractivity contribution in [2.75, 3.05) is 0 Å². The fraction of sp³-hybridized carbons (Fsp3) is 0. The van der Waals surface area contributed by atoms with Crippen LogP contribution in [0.2, 0.25) is 5.02 Å². The molecule has 3 heteroatoms. The largest absolute Gasteiger partial charge is 0.573 e. The van der Waals surface area contributed by atoms with E-state index in [1.807, 2.05) is 24.3 Å². The lowest BCUT2D eigenvalue weighted by Gasteiger charge is -1.93. The van der Waals surface area contributed by atoms with Crippen molar-refractivity contribution < 1.29 is 4.65 Å². The minimum Gasteiger partial charge on any atom is -0.573 e. The molecule has 1 nitrogen and oxygen atoms in total. The molecule has 0 aliphatic carbocycles. The first-order valence-electron chi connectivity index (χ1n) is 3.10. The first-order chi connectivity index (χ1) is 5.33. The van der Waals surface area contributed by atoms with Crippen molar-refractivity contribution >= 4 is 25.7 Å². The number of rotatable bonds is 2. The molecule has 0 heterocycles. The lowest BCUT2D eigenvalue weighted by atomic mass is 10.2. The second-order valence-electron chi connectivity index (χ2n) is 1.99. The summed E-state index contributed by atoms with van der Waals surface area (Å²) in [5.74, 6) is 0. The number of hydrogen-bond acceptors (Lipinski definition) is 1. The first kappa shape index (κ1) is 8.21. The molecule has 0 amide bonds. The van der Waals surface area contributed by atoms with Gasteiger partial charge in [-0.3, -0.25) is 0 Å². The summed E-state index contributed by atoms with van der Waals surface area (Å²) in [5.41, 5.74) is 0.961. The van der Waals surface area contributed by atoms with Gasteiger partial charge in [0.05, 0.1) is 6.26 Å². The second-order valence-corrected chi connectivity index (χ2v) is 2.43. The van der Waals surface area contributed by atoms with E-state index in [9.17, 15) is 0 Å². The van der Waals surface area contributed by atoms with E-state index >= 15 is 0 Å². The Bertz CT molecular complexity index is 260. The maximum absolute atomic E-state index is 5.72. The molecule has 0 saturated heterocycles. The van der Waals surface area contributed by atoms with Gasteiger partial charge in [0.2, 0.25) is 0 Å². The van der Waals surface area contributed by atoms with Crippen LogP contribution in [-0.4, -0.2) is 8.05 Å². The summed E-state index contributed by atoms with van der Waals surface area (Å²) in [5, 5.41) is 0.698. The Kier molecular flexibility index (Phi) is 3.05. The summed E-state index contributed by atoms with van der Waals surface area (Å²) < 4.78 is 4.26. The molecular weight excluding hydrogens is 158 g/mol. The molecule has 0 N–H and O–H groups in total. The van der Waals surface area contributed by atoms with Crippen LogP contribution >= 0.6 is 11.6 Å². The minimum absolute atomic E-state index is 0.698. The van der Waals surface area contributed by atoms with Gasteiger partial charge < -0.3 is 4.65 Å². The summed E-state index contributed by atoms with van der Waals surface area (Å²) in [6.45, 7) is 0. The lowest BCUT2D eigenvalue weighted by molar-refractivity contribution is 0.539. The van der Waals surface area contributed by atoms with E-state index in [2.05, 4.69) is 4.65 Å². The molecule has 0 saturated carbocycles. The van der Waals surface area contributed by atoms with Crippen LogP contribution in [0.4, 0.5) is 0 Å². The van der Waals surface area contributed by atoms with Crippen LogP contribution in [0.1, 0.15) is 5.56 Å². The highest BCUT2D eigenvalue weighted by atomic mass is 35.5. The fourth-order valence-corrected chi connectivity index (χ4v) is 0.927. The molecule has 0 bridgehead atoms. The first-order valence-corrected chi connectivity index (χ1v) is 3.48. The Morgan fingerprint density at radius 2 is 2.27 bits per heavy atom. The van der Waals surface area contributed by atoms with Gasteiger partial charge in [-0.05, 0) is 23.8 Å². The molecule has 0 aliphatic heterocycles. The Balaban J connectivity index is 2.79. The maximum Gasteiger partial charge on any atom is 0.373 e. The van der Waals surface area contributed by atoms with Crippen molar-refractivity contribution in [3.8, 4) is 0 Å². The van der Waals surface area contributed by atoms with Crippen LogP contribution in [0.15, 0.2) is 30.5 Å². The Labute approximate surface area is 72.1 Å². The summed E-state index contributed by atoms with van der Waals surface area (Å²) in [6, 6.07) is 7.39. The van der Waals surface area contributed by atoms with Crippen molar-refractivity contribution in [2.24, 2.45) is 0 Å². The van der Waals surface area contributed by atoms with Gasteiger partial charge >= 0.3 is 8.05 Å². The molecule has 0 aromatic heterocycles.